The third-order valence-corrected chi connectivity index (χ3v) is 3.72. The van der Waals surface area contributed by atoms with Crippen molar-refractivity contribution >= 4 is 33.2 Å². The Bertz CT molecular complexity index is 371. The van der Waals surface area contributed by atoms with Crippen molar-refractivity contribution in [1.29, 1.82) is 0 Å². The first-order chi connectivity index (χ1) is 8.58. The molecule has 0 aromatic heterocycles. The lowest BCUT2D eigenvalue weighted by atomic mass is 10.1. The summed E-state index contributed by atoms with van der Waals surface area (Å²) in [5, 5.41) is 0. The van der Waals surface area contributed by atoms with Gasteiger partial charge >= 0.3 is 0 Å². The van der Waals surface area contributed by atoms with Gasteiger partial charge in [0.05, 0.1) is 6.61 Å². The Morgan fingerprint density at radius 2 is 2.11 bits per heavy atom. The summed E-state index contributed by atoms with van der Waals surface area (Å²) in [5.41, 5.74) is 2.33. The van der Waals surface area contributed by atoms with Crippen LogP contribution in [0, 0.1) is 5.92 Å². The van der Waals surface area contributed by atoms with Gasteiger partial charge < -0.3 is 9.64 Å². The molecule has 18 heavy (non-hydrogen) atoms. The summed E-state index contributed by atoms with van der Waals surface area (Å²) in [6.07, 6.45) is 0. The summed E-state index contributed by atoms with van der Waals surface area (Å²) in [5.74, 6) is 1.15. The second-order valence-corrected chi connectivity index (χ2v) is 5.86. The average molecular weight is 335 g/mol. The van der Waals surface area contributed by atoms with E-state index in [1.165, 1.54) is 5.69 Å². The van der Waals surface area contributed by atoms with Crippen LogP contribution in [0.4, 0.5) is 5.69 Å². The van der Waals surface area contributed by atoms with Crippen molar-refractivity contribution in [3.8, 4) is 0 Å². The number of ether oxygens (including phenoxy) is 1. The molecule has 0 atom stereocenters. The smallest absolute Gasteiger partial charge is 0.0637 e. The van der Waals surface area contributed by atoms with E-state index >= 15 is 0 Å². The Morgan fingerprint density at radius 1 is 1.39 bits per heavy atom. The number of hydrogen-bond donors (Lipinski definition) is 0. The number of anilines is 1. The SMILES string of the molecule is COCCN(CC(C)C)c1ccc(CCl)c(Br)c1. The van der Waals surface area contributed by atoms with E-state index in [2.05, 4.69) is 52.9 Å². The summed E-state index contributed by atoms with van der Waals surface area (Å²) in [6.45, 7) is 7.11. The highest BCUT2D eigenvalue weighted by molar-refractivity contribution is 9.10. The monoisotopic (exact) mass is 333 g/mol. The Hall–Kier alpha value is -0.250. The maximum Gasteiger partial charge on any atom is 0.0637 e. The third kappa shape index (κ3) is 4.79. The lowest BCUT2D eigenvalue weighted by Crippen LogP contribution is -2.30. The van der Waals surface area contributed by atoms with E-state index in [1.54, 1.807) is 7.11 Å². The van der Waals surface area contributed by atoms with Crippen LogP contribution in [-0.4, -0.2) is 26.8 Å². The molecule has 0 saturated carbocycles. The molecule has 0 heterocycles. The van der Waals surface area contributed by atoms with Gasteiger partial charge in [-0.1, -0.05) is 35.8 Å². The lowest BCUT2D eigenvalue weighted by molar-refractivity contribution is 0.204. The molecule has 0 amide bonds. The van der Waals surface area contributed by atoms with Crippen LogP contribution in [0.15, 0.2) is 22.7 Å². The van der Waals surface area contributed by atoms with Gasteiger partial charge in [-0.2, -0.15) is 0 Å². The van der Waals surface area contributed by atoms with E-state index in [0.29, 0.717) is 11.8 Å². The van der Waals surface area contributed by atoms with Gasteiger partial charge in [0.15, 0.2) is 0 Å². The minimum Gasteiger partial charge on any atom is -0.383 e. The highest BCUT2D eigenvalue weighted by Gasteiger charge is 2.10. The van der Waals surface area contributed by atoms with Crippen molar-refractivity contribution in [1.82, 2.24) is 0 Å². The highest BCUT2D eigenvalue weighted by atomic mass is 79.9. The molecule has 0 bridgehead atoms. The Kier molecular flexibility index (Phi) is 7.05. The molecule has 0 aliphatic heterocycles. The van der Waals surface area contributed by atoms with Crippen molar-refractivity contribution in [2.45, 2.75) is 19.7 Å². The molecule has 0 unspecified atom stereocenters. The van der Waals surface area contributed by atoms with Crippen LogP contribution in [0.3, 0.4) is 0 Å². The number of hydrogen-bond acceptors (Lipinski definition) is 2. The van der Waals surface area contributed by atoms with Crippen molar-refractivity contribution < 1.29 is 4.74 Å². The fraction of sp³-hybridized carbons (Fsp3) is 0.571. The number of methoxy groups -OCH3 is 1. The summed E-state index contributed by atoms with van der Waals surface area (Å²) >= 11 is 9.44. The van der Waals surface area contributed by atoms with Gasteiger partial charge in [-0.05, 0) is 23.6 Å². The van der Waals surface area contributed by atoms with Gasteiger partial charge in [0.2, 0.25) is 0 Å². The van der Waals surface area contributed by atoms with Crippen molar-refractivity contribution in [2.75, 3.05) is 31.7 Å². The second-order valence-electron chi connectivity index (χ2n) is 4.74. The van der Waals surface area contributed by atoms with Gasteiger partial charge in [-0.25, -0.2) is 0 Å². The molecule has 0 radical (unpaired) electrons. The largest absolute Gasteiger partial charge is 0.383 e. The standard InChI is InChI=1S/C14H21BrClNO/c1-11(2)10-17(6-7-18-3)13-5-4-12(9-16)14(15)8-13/h4-5,8,11H,6-7,9-10H2,1-3H3. The van der Waals surface area contributed by atoms with E-state index < -0.39 is 0 Å². The van der Waals surface area contributed by atoms with Crippen LogP contribution in [-0.2, 0) is 10.6 Å². The Labute approximate surface area is 123 Å². The number of alkyl halides is 1. The topological polar surface area (TPSA) is 12.5 Å². The molecule has 1 rings (SSSR count). The van der Waals surface area contributed by atoms with Gasteiger partial charge in [-0.3, -0.25) is 0 Å². The zero-order chi connectivity index (χ0) is 13.5. The van der Waals surface area contributed by atoms with Crippen LogP contribution in [0.5, 0.6) is 0 Å². The Morgan fingerprint density at radius 3 is 2.61 bits per heavy atom. The number of rotatable bonds is 7. The van der Waals surface area contributed by atoms with Crippen molar-refractivity contribution in [2.24, 2.45) is 5.92 Å². The second kappa shape index (κ2) is 8.03. The molecule has 1 aromatic carbocycles. The molecule has 0 saturated heterocycles. The fourth-order valence-corrected chi connectivity index (χ4v) is 2.71. The van der Waals surface area contributed by atoms with E-state index in [1.807, 2.05) is 0 Å². The van der Waals surface area contributed by atoms with Crippen molar-refractivity contribution in [3.05, 3.63) is 28.2 Å². The van der Waals surface area contributed by atoms with Gasteiger partial charge in [0, 0.05) is 36.2 Å². The molecule has 4 heteroatoms. The molecular formula is C14H21BrClNO. The molecule has 1 aromatic rings. The summed E-state index contributed by atoms with van der Waals surface area (Å²) in [4.78, 5) is 2.34. The van der Waals surface area contributed by atoms with Gasteiger partial charge in [0.1, 0.15) is 0 Å². The van der Waals surface area contributed by atoms with Crippen LogP contribution >= 0.6 is 27.5 Å². The molecular weight excluding hydrogens is 314 g/mol. The first kappa shape index (κ1) is 15.8. The van der Waals surface area contributed by atoms with Crippen LogP contribution in [0.25, 0.3) is 0 Å². The zero-order valence-corrected chi connectivity index (χ0v) is 13.6. The summed E-state index contributed by atoms with van der Waals surface area (Å²) in [6, 6.07) is 6.34. The summed E-state index contributed by atoms with van der Waals surface area (Å²) < 4.78 is 6.25. The molecule has 102 valence electrons. The van der Waals surface area contributed by atoms with E-state index in [-0.39, 0.29) is 0 Å². The Balaban J connectivity index is 2.86. The van der Waals surface area contributed by atoms with Crippen LogP contribution in [0.1, 0.15) is 19.4 Å². The molecule has 0 fully saturated rings. The van der Waals surface area contributed by atoms with Crippen molar-refractivity contribution in [3.63, 3.8) is 0 Å². The highest BCUT2D eigenvalue weighted by Crippen LogP contribution is 2.25. The average Bonchev–Trinajstić information content (AvgIpc) is 2.34. The predicted octanol–water partition coefficient (Wildman–Crippen LogP) is 4.30. The molecule has 0 aliphatic rings. The number of nitrogens with zero attached hydrogens (tertiary/aromatic N) is 1. The predicted molar refractivity (Wildman–Crippen MR) is 82.6 cm³/mol. The van der Waals surface area contributed by atoms with Crippen LogP contribution < -0.4 is 4.90 Å². The molecule has 0 N–H and O–H groups in total. The minimum absolute atomic E-state index is 0.531. The molecule has 2 nitrogen and oxygen atoms in total. The minimum atomic E-state index is 0.531. The van der Waals surface area contributed by atoms with Crippen LogP contribution in [0.2, 0.25) is 0 Å². The zero-order valence-electron chi connectivity index (χ0n) is 11.2. The lowest BCUT2D eigenvalue weighted by Gasteiger charge is -2.27. The number of benzene rings is 1. The van der Waals surface area contributed by atoms with E-state index in [9.17, 15) is 0 Å². The fourth-order valence-electron chi connectivity index (χ4n) is 1.81. The normalized spacial score (nSPS) is 11.0. The quantitative estimate of drug-likeness (QED) is 0.689. The number of halogens is 2. The first-order valence-corrected chi connectivity index (χ1v) is 7.49. The summed E-state index contributed by atoms with van der Waals surface area (Å²) in [7, 11) is 1.74. The van der Waals surface area contributed by atoms with E-state index in [0.717, 1.165) is 29.7 Å². The van der Waals surface area contributed by atoms with Gasteiger partial charge in [-0.15, -0.1) is 11.6 Å². The molecule has 0 aliphatic carbocycles. The van der Waals surface area contributed by atoms with E-state index in [4.69, 9.17) is 16.3 Å². The maximum absolute atomic E-state index is 5.87. The molecule has 0 spiro atoms. The first-order valence-electron chi connectivity index (χ1n) is 6.16. The third-order valence-electron chi connectivity index (χ3n) is 2.70. The van der Waals surface area contributed by atoms with Gasteiger partial charge in [0.25, 0.3) is 0 Å². The maximum atomic E-state index is 5.87.